The minimum atomic E-state index is -9.87. The molecule has 0 unspecified atom stereocenters. The van der Waals surface area contributed by atoms with Crippen LogP contribution in [0.3, 0.4) is 0 Å². The number of nitrogens with two attached hydrogens (primary N) is 1. The molecule has 6 aromatic rings. The number of halogens is 10. The van der Waals surface area contributed by atoms with E-state index in [1.54, 1.807) is 36.4 Å². The number of nitrogen functional groups attached to an aromatic ring is 1. The fourth-order valence-corrected chi connectivity index (χ4v) is 9.39. The van der Waals surface area contributed by atoms with Crippen LogP contribution < -0.4 is 10.2 Å². The molecule has 412 valence electrons. The molecular weight excluding hydrogens is 1050 g/mol. The van der Waals surface area contributed by atoms with E-state index >= 15 is 0 Å². The van der Waals surface area contributed by atoms with E-state index in [-0.39, 0.29) is 27.9 Å². The SMILES string of the molecule is CC(C)(C)c1cccc(C=Nc2ccccc2S(F)(F)(F)(F)F)c1O.CC(C)(C)c1cccc(C=Nc2ccccc2S(F)(F)(F)(F)F)c1O[Si](C)(C)C.CC(C)(C)c1cccc(C=O)c1O.Cc1ccccc1N. The zero-order valence-electron chi connectivity index (χ0n) is 44.1. The summed E-state index contributed by atoms with van der Waals surface area (Å²) in [5, 5.41) is 20.0. The average Bonchev–Trinajstić information content (AvgIpc) is 3.24. The van der Waals surface area contributed by atoms with E-state index in [2.05, 4.69) is 9.98 Å². The van der Waals surface area contributed by atoms with Gasteiger partial charge in [-0.05, 0) is 114 Å². The Balaban J connectivity index is 0.000000289. The number of rotatable bonds is 9. The number of hydrogen-bond donors (Lipinski definition) is 3. The van der Waals surface area contributed by atoms with E-state index in [9.17, 15) is 53.9 Å². The van der Waals surface area contributed by atoms with Crippen molar-refractivity contribution in [3.8, 4) is 17.2 Å². The predicted molar refractivity (Wildman–Crippen MR) is 294 cm³/mol. The second-order valence-electron chi connectivity index (χ2n) is 21.5. The number of carbonyl (C=O) groups excluding carboxylic acids is 1. The highest BCUT2D eigenvalue weighted by molar-refractivity contribution is 8.46. The molecule has 7 nitrogen and oxygen atoms in total. The molecule has 4 N–H and O–H groups in total. The molecule has 0 aliphatic rings. The number of aldehydes is 1. The van der Waals surface area contributed by atoms with E-state index < -0.39 is 55.3 Å². The van der Waals surface area contributed by atoms with Crippen molar-refractivity contribution in [2.45, 2.75) is 115 Å². The quantitative estimate of drug-likeness (QED) is 0.0438. The summed E-state index contributed by atoms with van der Waals surface area (Å²) < 4.78 is 139. The number of benzene rings is 6. The molecule has 0 aliphatic carbocycles. The molecule has 0 heterocycles. The Bertz CT molecular complexity index is 3030. The Kier molecular flexibility index (Phi) is 17.7. The number of aryl methyl sites for hydroxylation is 1. The zero-order valence-corrected chi connectivity index (χ0v) is 46.8. The van der Waals surface area contributed by atoms with Gasteiger partial charge in [-0.1, -0.05) is 180 Å². The van der Waals surface area contributed by atoms with Crippen molar-refractivity contribution in [1.82, 2.24) is 0 Å². The summed E-state index contributed by atoms with van der Waals surface area (Å²) in [6.45, 7) is 25.5. The number of anilines is 1. The van der Waals surface area contributed by atoms with Gasteiger partial charge >= 0.3 is 20.4 Å². The van der Waals surface area contributed by atoms with Crippen LogP contribution in [0.1, 0.15) is 106 Å². The van der Waals surface area contributed by atoms with Gasteiger partial charge in [0.1, 0.15) is 27.0 Å². The number of hydrogen-bond acceptors (Lipinski definition) is 7. The van der Waals surface area contributed by atoms with Crippen LogP contribution in [0.25, 0.3) is 0 Å². The first kappa shape index (κ1) is 63.0. The number of para-hydroxylation sites is 6. The third-order valence-corrected chi connectivity index (χ3v) is 13.7. The molecule has 0 saturated heterocycles. The number of nitrogens with zero attached hydrogens (tertiary/aromatic N) is 2. The maximum Gasteiger partial charge on any atom is 0.312 e. The van der Waals surface area contributed by atoms with Crippen molar-refractivity contribution >= 4 is 64.5 Å². The minimum Gasteiger partial charge on any atom is -0.544 e. The van der Waals surface area contributed by atoms with Crippen molar-refractivity contribution in [2.75, 3.05) is 5.73 Å². The Morgan fingerprint density at radius 2 is 0.840 bits per heavy atom. The van der Waals surface area contributed by atoms with Crippen LogP contribution >= 0.6 is 20.4 Å². The molecular formula is C55H67F10N3O4S2Si. The second kappa shape index (κ2) is 21.0. The van der Waals surface area contributed by atoms with Crippen molar-refractivity contribution in [3.05, 3.63) is 166 Å². The van der Waals surface area contributed by atoms with E-state index in [1.165, 1.54) is 18.2 Å². The summed E-state index contributed by atoms with van der Waals surface area (Å²) in [7, 11) is -21.8. The van der Waals surface area contributed by atoms with E-state index in [4.69, 9.17) is 10.2 Å². The Morgan fingerprint density at radius 3 is 1.20 bits per heavy atom. The van der Waals surface area contributed by atoms with Gasteiger partial charge in [-0.2, -0.15) is 0 Å². The van der Waals surface area contributed by atoms with E-state index in [0.29, 0.717) is 40.9 Å². The smallest absolute Gasteiger partial charge is 0.312 e. The minimum absolute atomic E-state index is 0.102. The molecule has 0 aromatic heterocycles. The average molecular weight is 1120 g/mol. The first-order valence-electron chi connectivity index (χ1n) is 23.1. The number of aliphatic imine (C=N–C) groups is 2. The van der Waals surface area contributed by atoms with Crippen LogP contribution in [-0.2, 0) is 16.2 Å². The van der Waals surface area contributed by atoms with Gasteiger partial charge in [0.05, 0.1) is 16.9 Å². The first-order chi connectivity index (χ1) is 33.6. The van der Waals surface area contributed by atoms with E-state index in [1.807, 2.05) is 125 Å². The molecule has 0 aliphatic heterocycles. The van der Waals surface area contributed by atoms with Crippen LogP contribution in [0.15, 0.2) is 147 Å². The van der Waals surface area contributed by atoms with Gasteiger partial charge in [0.15, 0.2) is 6.29 Å². The van der Waals surface area contributed by atoms with Gasteiger partial charge in [-0.15, -0.1) is 0 Å². The van der Waals surface area contributed by atoms with Crippen molar-refractivity contribution in [3.63, 3.8) is 0 Å². The molecule has 6 rings (SSSR count). The van der Waals surface area contributed by atoms with Gasteiger partial charge < -0.3 is 20.4 Å². The Hall–Kier alpha value is -6.25. The van der Waals surface area contributed by atoms with Crippen LogP contribution in [0.5, 0.6) is 17.2 Å². The number of phenolic OH excluding ortho intramolecular Hbond substituents is 2. The second-order valence-corrected chi connectivity index (χ2v) is 30.7. The van der Waals surface area contributed by atoms with Crippen molar-refractivity contribution in [2.24, 2.45) is 9.98 Å². The predicted octanol–water partition coefficient (Wildman–Crippen LogP) is 19.8. The summed E-state index contributed by atoms with van der Waals surface area (Å²) >= 11 is 0. The fraction of sp³-hybridized carbons (Fsp3) is 0.291. The van der Waals surface area contributed by atoms with Crippen LogP contribution in [0.2, 0.25) is 19.6 Å². The van der Waals surface area contributed by atoms with Crippen LogP contribution in [0.4, 0.5) is 55.9 Å². The number of phenols is 2. The van der Waals surface area contributed by atoms with Crippen LogP contribution in [0, 0.1) is 6.92 Å². The van der Waals surface area contributed by atoms with Gasteiger partial charge in [-0.3, -0.25) is 14.8 Å². The lowest BCUT2D eigenvalue weighted by atomic mass is 9.85. The summed E-state index contributed by atoms with van der Waals surface area (Å²) in [5.74, 6) is 0.473. The van der Waals surface area contributed by atoms with Crippen LogP contribution in [-0.4, -0.2) is 37.2 Å². The topological polar surface area (TPSA) is 118 Å². The number of carbonyl (C=O) groups is 1. The highest BCUT2D eigenvalue weighted by Gasteiger charge is 2.67. The molecule has 0 bridgehead atoms. The highest BCUT2D eigenvalue weighted by atomic mass is 32.5. The molecule has 20 heteroatoms. The van der Waals surface area contributed by atoms with Crippen molar-refractivity contribution in [1.29, 1.82) is 0 Å². The number of aromatic hydroxyl groups is 2. The maximum atomic E-state index is 13.4. The maximum absolute atomic E-state index is 13.4. The summed E-state index contributed by atoms with van der Waals surface area (Å²) in [6.07, 6.45) is 2.78. The lowest BCUT2D eigenvalue weighted by molar-refractivity contribution is 0.112. The molecule has 6 aromatic carbocycles. The zero-order chi connectivity index (χ0) is 57.6. The summed E-state index contributed by atoms with van der Waals surface area (Å²) in [5.41, 5.74) is 8.15. The van der Waals surface area contributed by atoms with Crippen molar-refractivity contribution < 1.29 is 58.3 Å². The summed E-state index contributed by atoms with van der Waals surface area (Å²) in [4.78, 5) is 13.8. The van der Waals surface area contributed by atoms with Gasteiger partial charge in [0, 0.05) is 29.2 Å². The standard InChI is InChI=1S/C20H26F5NOSSi.C17H18F5NOS.C11H14O2.C7H9N/c1-20(2,3)16-11-9-10-15(19(16)27-29(4,5)6)14-26-17-12-7-8-13-18(17)28(21,22,23,24)25;1-17(2,3)13-8-6-7-12(16(13)24)11-23-14-9-4-5-10-15(14)25(18,19,20,21)22;1-11(2,3)9-6-4-5-8(7-12)10(9)13;1-6-4-2-3-5-7(6)8/h7-14H,1-6H3;4-11,24H,1-3H3;4-7,13H,1-3H3;2-5H,8H2,1H3. The molecule has 0 radical (unpaired) electrons. The molecule has 0 atom stereocenters. The molecule has 75 heavy (non-hydrogen) atoms. The van der Waals surface area contributed by atoms with Gasteiger partial charge in [0.2, 0.25) is 8.32 Å². The summed E-state index contributed by atoms with van der Waals surface area (Å²) in [6, 6.07) is 29.7. The van der Waals surface area contributed by atoms with Gasteiger partial charge in [0.25, 0.3) is 0 Å². The Labute approximate surface area is 435 Å². The third kappa shape index (κ3) is 19.1. The molecule has 0 spiro atoms. The molecule has 0 saturated carbocycles. The largest absolute Gasteiger partial charge is 0.544 e. The Morgan fingerprint density at radius 1 is 0.493 bits per heavy atom. The molecule has 0 fully saturated rings. The normalized spacial score (nSPS) is 14.3. The molecule has 0 amide bonds. The third-order valence-electron chi connectivity index (χ3n) is 10.6. The lowest BCUT2D eigenvalue weighted by Gasteiger charge is -2.41. The van der Waals surface area contributed by atoms with Gasteiger partial charge in [-0.25, -0.2) is 0 Å². The highest BCUT2D eigenvalue weighted by Crippen LogP contribution is 3.03. The monoisotopic (exact) mass is 1120 g/mol. The lowest BCUT2D eigenvalue weighted by Crippen LogP contribution is -2.31. The van der Waals surface area contributed by atoms with E-state index in [0.717, 1.165) is 59.1 Å². The fourth-order valence-electron chi connectivity index (χ4n) is 6.84. The first-order valence-corrected chi connectivity index (χ1v) is 30.4.